The predicted octanol–water partition coefficient (Wildman–Crippen LogP) is 3.70. The van der Waals surface area contributed by atoms with Crippen LogP contribution in [0, 0.1) is 6.92 Å². The molecule has 0 aliphatic heterocycles. The molecule has 1 saturated carbocycles. The third-order valence-corrected chi connectivity index (χ3v) is 6.85. The van der Waals surface area contributed by atoms with Gasteiger partial charge in [-0.2, -0.15) is 10.2 Å². The molecule has 182 valence electrons. The molecule has 1 fully saturated rings. The summed E-state index contributed by atoms with van der Waals surface area (Å²) in [7, 11) is 0. The molecule has 0 radical (unpaired) electrons. The minimum Gasteiger partial charge on any atom is -0.352 e. The number of carbonyl (C=O) groups is 2. The van der Waals surface area contributed by atoms with E-state index in [0.29, 0.717) is 23.8 Å². The molecule has 0 bridgehead atoms. The lowest BCUT2D eigenvalue weighted by Crippen LogP contribution is -2.34. The average molecular weight is 465 g/mol. The van der Waals surface area contributed by atoms with Gasteiger partial charge < -0.3 is 10.6 Å². The predicted molar refractivity (Wildman–Crippen MR) is 134 cm³/mol. The van der Waals surface area contributed by atoms with Gasteiger partial charge in [0.05, 0.1) is 22.8 Å². The normalized spacial score (nSPS) is 15.9. The van der Waals surface area contributed by atoms with Crippen molar-refractivity contribution in [2.45, 2.75) is 77.2 Å². The van der Waals surface area contributed by atoms with Crippen LogP contribution in [0.5, 0.6) is 0 Å². The number of rotatable bonds is 10. The number of carbonyl (C=O) groups excluding carboxylic acids is 2. The monoisotopic (exact) mass is 464 g/mol. The number of fused-ring (bicyclic) bond motifs is 1. The third-order valence-electron chi connectivity index (χ3n) is 6.85. The maximum absolute atomic E-state index is 12.5. The standard InChI is InChI=1S/C26H36N6O2/c1-19-25(23-10-5-6-11-24(23)30-29-19)31-32(18-33)22-14-12-20(13-15-22)26(34)28-17-7-16-27-21-8-3-2-4-9-21/h12-15,18,21,27H,2-11,16-17H2,1H3,(H,28,34)(H,30,31). The Labute approximate surface area is 201 Å². The lowest BCUT2D eigenvalue weighted by atomic mass is 9.95. The number of nitrogens with one attached hydrogen (secondary N) is 3. The SMILES string of the molecule is Cc1nnc2c(c1NN(C=O)c1ccc(C(=O)NCCCNC3CCCCC3)cc1)CCCC2. The van der Waals surface area contributed by atoms with Crippen LogP contribution in [0.2, 0.25) is 0 Å². The molecule has 0 unspecified atom stereocenters. The highest BCUT2D eigenvalue weighted by Gasteiger charge is 2.20. The molecule has 2 aromatic rings. The van der Waals surface area contributed by atoms with Crippen LogP contribution in [-0.2, 0) is 17.6 Å². The zero-order valence-corrected chi connectivity index (χ0v) is 20.1. The van der Waals surface area contributed by atoms with Crippen molar-refractivity contribution in [1.29, 1.82) is 0 Å². The first-order valence-electron chi connectivity index (χ1n) is 12.6. The molecular weight excluding hydrogens is 428 g/mol. The van der Waals surface area contributed by atoms with Crippen molar-refractivity contribution in [2.75, 3.05) is 23.5 Å². The summed E-state index contributed by atoms with van der Waals surface area (Å²) in [5.41, 5.74) is 8.21. The molecule has 1 heterocycles. The lowest BCUT2D eigenvalue weighted by Gasteiger charge is -2.25. The molecule has 34 heavy (non-hydrogen) atoms. The van der Waals surface area contributed by atoms with E-state index < -0.39 is 0 Å². The molecule has 0 saturated heterocycles. The molecule has 3 N–H and O–H groups in total. The smallest absolute Gasteiger partial charge is 0.251 e. The van der Waals surface area contributed by atoms with Gasteiger partial charge in [0.25, 0.3) is 5.91 Å². The van der Waals surface area contributed by atoms with Crippen LogP contribution in [-0.4, -0.2) is 41.6 Å². The topological polar surface area (TPSA) is 99.2 Å². The lowest BCUT2D eigenvalue weighted by molar-refractivity contribution is -0.107. The third kappa shape index (κ3) is 6.11. The minimum absolute atomic E-state index is 0.0990. The Balaban J connectivity index is 1.30. The van der Waals surface area contributed by atoms with E-state index in [1.807, 2.05) is 6.92 Å². The Hall–Kier alpha value is -3.00. The van der Waals surface area contributed by atoms with Gasteiger partial charge in [-0.15, -0.1) is 0 Å². The number of nitrogens with zero attached hydrogens (tertiary/aromatic N) is 3. The van der Waals surface area contributed by atoms with Crippen LogP contribution in [0.25, 0.3) is 0 Å². The van der Waals surface area contributed by atoms with Gasteiger partial charge in [0.2, 0.25) is 6.41 Å². The number of amides is 2. The Morgan fingerprint density at radius 1 is 1.03 bits per heavy atom. The molecule has 2 aliphatic rings. The van der Waals surface area contributed by atoms with Gasteiger partial charge in [0.1, 0.15) is 0 Å². The number of aryl methyl sites for hydroxylation is 2. The zero-order valence-electron chi connectivity index (χ0n) is 20.1. The first-order valence-corrected chi connectivity index (χ1v) is 12.6. The van der Waals surface area contributed by atoms with E-state index >= 15 is 0 Å². The minimum atomic E-state index is -0.0990. The van der Waals surface area contributed by atoms with Crippen LogP contribution >= 0.6 is 0 Å². The average Bonchev–Trinajstić information content (AvgIpc) is 2.88. The molecule has 1 aromatic carbocycles. The van der Waals surface area contributed by atoms with Gasteiger partial charge in [0, 0.05) is 23.7 Å². The maximum atomic E-state index is 12.5. The van der Waals surface area contributed by atoms with Crippen molar-refractivity contribution in [3.05, 3.63) is 46.8 Å². The largest absolute Gasteiger partial charge is 0.352 e. The molecule has 1 aromatic heterocycles. The van der Waals surface area contributed by atoms with Crippen molar-refractivity contribution in [2.24, 2.45) is 0 Å². The van der Waals surface area contributed by atoms with Crippen LogP contribution in [0.3, 0.4) is 0 Å². The van der Waals surface area contributed by atoms with E-state index in [9.17, 15) is 9.59 Å². The molecule has 8 heteroatoms. The first-order chi connectivity index (χ1) is 16.7. The van der Waals surface area contributed by atoms with Gasteiger partial charge in [-0.1, -0.05) is 19.3 Å². The molecule has 0 spiro atoms. The summed E-state index contributed by atoms with van der Waals surface area (Å²) in [6.45, 7) is 3.46. The molecule has 4 rings (SSSR count). The van der Waals surface area contributed by atoms with Crippen molar-refractivity contribution in [3.8, 4) is 0 Å². The summed E-state index contributed by atoms with van der Waals surface area (Å²) < 4.78 is 0. The second-order valence-corrected chi connectivity index (χ2v) is 9.33. The summed E-state index contributed by atoms with van der Waals surface area (Å²) in [4.78, 5) is 24.4. The number of hydrazine groups is 1. The summed E-state index contributed by atoms with van der Waals surface area (Å²) in [6, 6.07) is 7.69. The highest BCUT2D eigenvalue weighted by molar-refractivity contribution is 5.95. The second-order valence-electron chi connectivity index (χ2n) is 9.33. The van der Waals surface area contributed by atoms with Gasteiger partial charge >= 0.3 is 0 Å². The fourth-order valence-electron chi connectivity index (χ4n) is 4.87. The summed E-state index contributed by atoms with van der Waals surface area (Å²) in [5.74, 6) is -0.0990. The van der Waals surface area contributed by atoms with Gasteiger partial charge in [-0.3, -0.25) is 15.0 Å². The van der Waals surface area contributed by atoms with E-state index in [-0.39, 0.29) is 5.91 Å². The Morgan fingerprint density at radius 2 is 1.79 bits per heavy atom. The van der Waals surface area contributed by atoms with Crippen molar-refractivity contribution in [3.63, 3.8) is 0 Å². The van der Waals surface area contributed by atoms with Crippen molar-refractivity contribution in [1.82, 2.24) is 20.8 Å². The fraction of sp³-hybridized carbons (Fsp3) is 0.538. The molecular formula is C26H36N6O2. The zero-order chi connectivity index (χ0) is 23.8. The number of hydrogen-bond donors (Lipinski definition) is 3. The number of aromatic nitrogens is 2. The summed E-state index contributed by atoms with van der Waals surface area (Å²) in [6.07, 6.45) is 12.2. The van der Waals surface area contributed by atoms with E-state index in [1.165, 1.54) is 37.1 Å². The highest BCUT2D eigenvalue weighted by Crippen LogP contribution is 2.29. The van der Waals surface area contributed by atoms with E-state index in [2.05, 4.69) is 26.3 Å². The number of benzene rings is 1. The van der Waals surface area contributed by atoms with Crippen LogP contribution in [0.1, 0.15) is 78.7 Å². The van der Waals surface area contributed by atoms with Crippen LogP contribution in [0.4, 0.5) is 11.4 Å². The number of hydrogen-bond acceptors (Lipinski definition) is 6. The van der Waals surface area contributed by atoms with E-state index in [0.717, 1.165) is 67.7 Å². The Bertz CT molecular complexity index is 972. The quantitative estimate of drug-likeness (QED) is 0.282. The Morgan fingerprint density at radius 3 is 2.56 bits per heavy atom. The fourth-order valence-corrected chi connectivity index (χ4v) is 4.87. The highest BCUT2D eigenvalue weighted by atomic mass is 16.2. The molecule has 8 nitrogen and oxygen atoms in total. The van der Waals surface area contributed by atoms with Crippen LogP contribution < -0.4 is 21.1 Å². The van der Waals surface area contributed by atoms with Gasteiger partial charge in [-0.05, 0) is 82.7 Å². The summed E-state index contributed by atoms with van der Waals surface area (Å²) >= 11 is 0. The van der Waals surface area contributed by atoms with Crippen LogP contribution in [0.15, 0.2) is 24.3 Å². The summed E-state index contributed by atoms with van der Waals surface area (Å²) in [5, 5.41) is 16.6. The van der Waals surface area contributed by atoms with Gasteiger partial charge in [0.15, 0.2) is 0 Å². The molecule has 2 aliphatic carbocycles. The van der Waals surface area contributed by atoms with Crippen molar-refractivity contribution < 1.29 is 9.59 Å². The first kappa shape index (κ1) is 24.1. The van der Waals surface area contributed by atoms with Crippen molar-refractivity contribution >= 4 is 23.7 Å². The van der Waals surface area contributed by atoms with E-state index in [1.54, 1.807) is 24.3 Å². The van der Waals surface area contributed by atoms with Gasteiger partial charge in [-0.25, -0.2) is 5.01 Å². The second kappa shape index (κ2) is 11.9. The van der Waals surface area contributed by atoms with E-state index in [4.69, 9.17) is 0 Å². The number of anilines is 2. The Kier molecular flexibility index (Phi) is 8.46. The maximum Gasteiger partial charge on any atom is 0.251 e. The molecule has 2 amide bonds. The molecule has 0 atom stereocenters.